The minimum absolute atomic E-state index is 0.964. The molecule has 0 N–H and O–H groups in total. The number of thioether (sulfide) groups is 1. The first-order chi connectivity index (χ1) is 4.26. The lowest BCUT2D eigenvalue weighted by Gasteiger charge is -2.01. The van der Waals surface area contributed by atoms with E-state index in [1.54, 1.807) is 11.8 Å². The molecule has 0 saturated carbocycles. The van der Waals surface area contributed by atoms with Crippen molar-refractivity contribution in [2.75, 3.05) is 6.26 Å². The van der Waals surface area contributed by atoms with Gasteiger partial charge in [0.05, 0.1) is 0 Å². The Bertz CT molecular complexity index is 101. The summed E-state index contributed by atoms with van der Waals surface area (Å²) in [6.45, 7) is 4.21. The Morgan fingerprint density at radius 1 is 1.33 bits per heavy atom. The molecule has 0 aliphatic heterocycles. The van der Waals surface area contributed by atoms with Crippen molar-refractivity contribution in [2.24, 2.45) is 0 Å². The number of rotatable bonds is 3. The van der Waals surface area contributed by atoms with Gasteiger partial charge < -0.3 is 0 Å². The molecule has 54 valence electrons. The zero-order chi connectivity index (χ0) is 7.28. The van der Waals surface area contributed by atoms with Gasteiger partial charge >= 0.3 is 0 Å². The smallest absolute Gasteiger partial charge is 0.0272 e. The van der Waals surface area contributed by atoms with E-state index in [-0.39, 0.29) is 0 Å². The Balaban J connectivity index is 4.01. The number of hydrogen-bond acceptors (Lipinski definition) is 1. The van der Waals surface area contributed by atoms with Crippen LogP contribution < -0.4 is 0 Å². The number of allylic oxidation sites excluding steroid dienone is 2. The maximum Gasteiger partial charge on any atom is 0.0272 e. The van der Waals surface area contributed by atoms with Gasteiger partial charge in [0.25, 0.3) is 0 Å². The average molecular weight is 165 g/mol. The first kappa shape index (κ1) is 9.38. The second kappa shape index (κ2) is 5.19. The van der Waals surface area contributed by atoms with Crippen molar-refractivity contribution in [3.8, 4) is 0 Å². The Morgan fingerprint density at radius 3 is 2.00 bits per heavy atom. The molecule has 0 aromatic rings. The molecule has 2 heteroatoms. The van der Waals surface area contributed by atoms with Gasteiger partial charge in [-0.05, 0) is 24.0 Å². The summed E-state index contributed by atoms with van der Waals surface area (Å²) in [6.07, 6.45) is 4.09. The van der Waals surface area contributed by atoms with Crippen molar-refractivity contribution in [2.45, 2.75) is 26.7 Å². The van der Waals surface area contributed by atoms with Crippen molar-refractivity contribution in [1.29, 1.82) is 0 Å². The molecule has 0 aromatic heterocycles. The molecule has 0 aliphatic carbocycles. The zero-order valence-electron chi connectivity index (χ0n) is 6.20. The highest BCUT2D eigenvalue weighted by Crippen LogP contribution is 2.24. The van der Waals surface area contributed by atoms with Crippen LogP contribution in [0.15, 0.2) is 9.94 Å². The molecular formula is C7H13ClS. The molecule has 0 aliphatic rings. The lowest BCUT2D eigenvalue weighted by molar-refractivity contribution is 1.12. The molecule has 0 radical (unpaired) electrons. The summed E-state index contributed by atoms with van der Waals surface area (Å²) < 4.78 is 0. The lowest BCUT2D eigenvalue weighted by Crippen LogP contribution is -1.76. The highest BCUT2D eigenvalue weighted by molar-refractivity contribution is 8.02. The quantitative estimate of drug-likeness (QED) is 0.614. The Morgan fingerprint density at radius 2 is 1.89 bits per heavy atom. The second-order valence-electron chi connectivity index (χ2n) is 1.74. The standard InChI is InChI=1S/C7H13ClS/c1-4-6(8)7(5-2)9-3/h4-5H2,1-3H3/b7-6-. The summed E-state index contributed by atoms with van der Waals surface area (Å²) in [5, 5.41) is 1.02. The summed E-state index contributed by atoms with van der Waals surface area (Å²) in [6, 6.07) is 0. The van der Waals surface area contributed by atoms with Crippen LogP contribution in [0.1, 0.15) is 26.7 Å². The van der Waals surface area contributed by atoms with Crippen molar-refractivity contribution in [3.63, 3.8) is 0 Å². The van der Waals surface area contributed by atoms with Crippen LogP contribution in [-0.4, -0.2) is 6.26 Å². The van der Waals surface area contributed by atoms with Crippen molar-refractivity contribution < 1.29 is 0 Å². The van der Waals surface area contributed by atoms with Crippen LogP contribution in [-0.2, 0) is 0 Å². The van der Waals surface area contributed by atoms with Gasteiger partial charge in [0.1, 0.15) is 0 Å². The van der Waals surface area contributed by atoms with E-state index in [0.717, 1.165) is 17.9 Å². The minimum atomic E-state index is 0.964. The highest BCUT2D eigenvalue weighted by atomic mass is 35.5. The van der Waals surface area contributed by atoms with Crippen LogP contribution in [0.2, 0.25) is 0 Å². The van der Waals surface area contributed by atoms with Gasteiger partial charge in [0.15, 0.2) is 0 Å². The second-order valence-corrected chi connectivity index (χ2v) is 3.10. The fraction of sp³-hybridized carbons (Fsp3) is 0.714. The van der Waals surface area contributed by atoms with Crippen molar-refractivity contribution >= 4 is 23.4 Å². The molecule has 0 aromatic carbocycles. The average Bonchev–Trinajstić information content (AvgIpc) is 1.90. The summed E-state index contributed by atoms with van der Waals surface area (Å²) in [4.78, 5) is 1.32. The Kier molecular flexibility index (Phi) is 5.41. The third-order valence-electron chi connectivity index (χ3n) is 1.18. The minimum Gasteiger partial charge on any atom is -0.133 e. The third-order valence-corrected chi connectivity index (χ3v) is 2.82. The molecule has 9 heavy (non-hydrogen) atoms. The molecule has 0 rings (SSSR count). The molecule has 0 spiro atoms. The van der Waals surface area contributed by atoms with E-state index >= 15 is 0 Å². The predicted octanol–water partition coefficient (Wildman–Crippen LogP) is 3.62. The molecule has 0 atom stereocenters. The lowest BCUT2D eigenvalue weighted by atomic mass is 10.3. The Labute approximate surface area is 66.7 Å². The topological polar surface area (TPSA) is 0 Å². The van der Waals surface area contributed by atoms with Crippen LogP contribution >= 0.6 is 23.4 Å². The third kappa shape index (κ3) is 3.17. The van der Waals surface area contributed by atoms with E-state index in [2.05, 4.69) is 20.1 Å². The van der Waals surface area contributed by atoms with Gasteiger partial charge in [0, 0.05) is 5.03 Å². The summed E-state index contributed by atoms with van der Waals surface area (Å²) >= 11 is 7.64. The SMILES string of the molecule is CC/C(Cl)=C(\CC)SC. The van der Waals surface area contributed by atoms with Gasteiger partial charge in [-0.25, -0.2) is 0 Å². The Hall–Kier alpha value is 0.380. The maximum atomic E-state index is 5.89. The van der Waals surface area contributed by atoms with Gasteiger partial charge in [-0.3, -0.25) is 0 Å². The largest absolute Gasteiger partial charge is 0.133 e. The molecular weight excluding hydrogens is 152 g/mol. The van der Waals surface area contributed by atoms with Crippen LogP contribution in [0.3, 0.4) is 0 Å². The van der Waals surface area contributed by atoms with Gasteiger partial charge in [-0.1, -0.05) is 25.4 Å². The van der Waals surface area contributed by atoms with Crippen LogP contribution in [0, 0.1) is 0 Å². The fourth-order valence-corrected chi connectivity index (χ4v) is 1.66. The molecule has 0 saturated heterocycles. The van der Waals surface area contributed by atoms with Gasteiger partial charge in [-0.2, -0.15) is 0 Å². The molecule has 0 amide bonds. The van der Waals surface area contributed by atoms with E-state index in [4.69, 9.17) is 11.6 Å². The van der Waals surface area contributed by atoms with Crippen LogP contribution in [0.25, 0.3) is 0 Å². The summed E-state index contributed by atoms with van der Waals surface area (Å²) in [5.41, 5.74) is 0. The van der Waals surface area contributed by atoms with E-state index in [0.29, 0.717) is 0 Å². The van der Waals surface area contributed by atoms with Crippen molar-refractivity contribution in [3.05, 3.63) is 9.94 Å². The summed E-state index contributed by atoms with van der Waals surface area (Å²) in [5.74, 6) is 0. The molecule has 0 bridgehead atoms. The normalized spacial score (nSPS) is 13.3. The van der Waals surface area contributed by atoms with E-state index < -0.39 is 0 Å². The number of halogens is 1. The van der Waals surface area contributed by atoms with Crippen molar-refractivity contribution in [1.82, 2.24) is 0 Å². The predicted molar refractivity (Wildman–Crippen MR) is 47.0 cm³/mol. The molecule has 0 heterocycles. The maximum absolute atomic E-state index is 5.89. The molecule has 0 unspecified atom stereocenters. The number of hydrogen-bond donors (Lipinski definition) is 0. The first-order valence-electron chi connectivity index (χ1n) is 3.17. The highest BCUT2D eigenvalue weighted by Gasteiger charge is 1.96. The van der Waals surface area contributed by atoms with E-state index in [1.807, 2.05) is 0 Å². The monoisotopic (exact) mass is 164 g/mol. The molecule has 0 nitrogen and oxygen atoms in total. The van der Waals surface area contributed by atoms with E-state index in [9.17, 15) is 0 Å². The van der Waals surface area contributed by atoms with Gasteiger partial charge in [-0.15, -0.1) is 11.8 Å². The summed E-state index contributed by atoms with van der Waals surface area (Å²) in [7, 11) is 0. The van der Waals surface area contributed by atoms with Crippen LogP contribution in [0.4, 0.5) is 0 Å². The first-order valence-corrected chi connectivity index (χ1v) is 4.78. The zero-order valence-corrected chi connectivity index (χ0v) is 7.77. The van der Waals surface area contributed by atoms with Crippen LogP contribution in [0.5, 0.6) is 0 Å². The fourth-order valence-electron chi connectivity index (χ4n) is 0.644. The van der Waals surface area contributed by atoms with Gasteiger partial charge in [0.2, 0.25) is 0 Å². The van der Waals surface area contributed by atoms with E-state index in [1.165, 1.54) is 4.91 Å². The molecule has 0 fully saturated rings.